The number of carbonyl (C=O) groups is 3. The first-order valence-electron chi connectivity index (χ1n) is 10.6. The number of aliphatic carboxylic acids is 1. The molecule has 0 aliphatic carbocycles. The Balaban J connectivity index is 2.87. The third kappa shape index (κ3) is 9.51. The number of nitrogens with one attached hydrogen (secondary N) is 1. The van der Waals surface area contributed by atoms with Gasteiger partial charge in [-0.1, -0.05) is 58.0 Å². The maximum absolute atomic E-state index is 12.9. The Morgan fingerprint density at radius 2 is 1.62 bits per heavy atom. The predicted molar refractivity (Wildman–Crippen MR) is 121 cm³/mol. The molecule has 32 heavy (non-hydrogen) atoms. The molecule has 0 bridgehead atoms. The Bertz CT molecular complexity index is 814. The molecule has 0 aromatic heterocycles. The van der Waals surface area contributed by atoms with Crippen LogP contribution in [0.5, 0.6) is 0 Å². The molecule has 0 fully saturated rings. The minimum Gasteiger partial charge on any atom is -0.480 e. The van der Waals surface area contributed by atoms with Crippen molar-refractivity contribution in [3.05, 3.63) is 35.9 Å². The summed E-state index contributed by atoms with van der Waals surface area (Å²) >= 11 is 0. The molecule has 0 saturated heterocycles. The minimum absolute atomic E-state index is 0.0135. The lowest BCUT2D eigenvalue weighted by Gasteiger charge is -2.26. The number of carbonyl (C=O) groups excluding carboxylic acids is 2. The van der Waals surface area contributed by atoms with Gasteiger partial charge in [-0.2, -0.15) is 0 Å². The molecular weight excluding hydrogens is 435 g/mol. The fraction of sp³-hybridized carbons (Fsp3) is 0.591. The standard InChI is InChI=1S/C22H35N2O7P/c1-14(2)10-17(20(25)24-18(21(26)27)11-15(3)4)13-32(29,30)19(23)22(28)31-12-16-8-6-5-7-9-16/h5-9,14-15,17-19H,10-13,23H2,1-4H3,(H,24,25)(H,26,27)(H,29,30). The summed E-state index contributed by atoms with van der Waals surface area (Å²) in [5.41, 5.74) is 6.44. The summed E-state index contributed by atoms with van der Waals surface area (Å²) in [6, 6.07) is 7.68. The third-order valence-electron chi connectivity index (χ3n) is 4.83. The van der Waals surface area contributed by atoms with E-state index in [0.717, 1.165) is 0 Å². The van der Waals surface area contributed by atoms with Crippen molar-refractivity contribution < 1.29 is 33.7 Å². The number of hydrogen-bond donors (Lipinski definition) is 4. The summed E-state index contributed by atoms with van der Waals surface area (Å²) in [5, 5.41) is 11.8. The minimum atomic E-state index is -4.33. The lowest BCUT2D eigenvalue weighted by atomic mass is 9.96. The highest BCUT2D eigenvalue weighted by Gasteiger charge is 2.40. The smallest absolute Gasteiger partial charge is 0.333 e. The molecular formula is C22H35N2O7P. The van der Waals surface area contributed by atoms with Gasteiger partial charge in [0.1, 0.15) is 12.6 Å². The molecule has 1 aromatic carbocycles. The van der Waals surface area contributed by atoms with Gasteiger partial charge in [0.25, 0.3) is 0 Å². The molecule has 1 amide bonds. The van der Waals surface area contributed by atoms with Crippen molar-refractivity contribution in [3.63, 3.8) is 0 Å². The van der Waals surface area contributed by atoms with Crippen LogP contribution in [0, 0.1) is 17.8 Å². The van der Waals surface area contributed by atoms with Crippen LogP contribution in [0.1, 0.15) is 46.1 Å². The summed E-state index contributed by atoms with van der Waals surface area (Å²) in [4.78, 5) is 47.1. The number of ether oxygens (including phenoxy) is 1. The van der Waals surface area contributed by atoms with E-state index < -0.39 is 49.1 Å². The van der Waals surface area contributed by atoms with Crippen LogP contribution in [0.2, 0.25) is 0 Å². The van der Waals surface area contributed by atoms with Gasteiger partial charge in [0.05, 0.1) is 0 Å². The van der Waals surface area contributed by atoms with E-state index in [1.165, 1.54) is 0 Å². The molecule has 0 aliphatic rings. The monoisotopic (exact) mass is 470 g/mol. The lowest BCUT2D eigenvalue weighted by Crippen LogP contribution is -2.46. The second kappa shape index (κ2) is 12.7. The van der Waals surface area contributed by atoms with Crippen molar-refractivity contribution in [1.29, 1.82) is 0 Å². The van der Waals surface area contributed by atoms with E-state index in [9.17, 15) is 28.9 Å². The largest absolute Gasteiger partial charge is 0.480 e. The maximum Gasteiger partial charge on any atom is 0.333 e. The normalized spacial score (nSPS) is 16.1. The van der Waals surface area contributed by atoms with Crippen LogP contribution in [0.3, 0.4) is 0 Å². The fourth-order valence-electron chi connectivity index (χ4n) is 3.22. The molecule has 10 heteroatoms. The number of benzene rings is 1. The summed E-state index contributed by atoms with van der Waals surface area (Å²) in [7, 11) is -4.33. The predicted octanol–water partition coefficient (Wildman–Crippen LogP) is 2.56. The molecule has 5 N–H and O–H groups in total. The molecule has 0 spiro atoms. The Kier molecular flexibility index (Phi) is 11.1. The van der Waals surface area contributed by atoms with Gasteiger partial charge in [-0.05, 0) is 30.2 Å². The molecule has 0 saturated carbocycles. The third-order valence-corrected chi connectivity index (χ3v) is 6.87. The lowest BCUT2D eigenvalue weighted by molar-refractivity contribution is -0.144. The van der Waals surface area contributed by atoms with Gasteiger partial charge in [-0.15, -0.1) is 0 Å². The van der Waals surface area contributed by atoms with Crippen LogP contribution in [0.15, 0.2) is 30.3 Å². The number of carboxylic acid groups (broad SMARTS) is 1. The van der Waals surface area contributed by atoms with Crippen molar-refractivity contribution in [2.75, 3.05) is 6.16 Å². The van der Waals surface area contributed by atoms with Gasteiger partial charge in [-0.3, -0.25) is 9.36 Å². The number of carboxylic acids is 1. The van der Waals surface area contributed by atoms with Gasteiger partial charge >= 0.3 is 11.9 Å². The average Bonchev–Trinajstić information content (AvgIpc) is 2.70. The highest BCUT2D eigenvalue weighted by atomic mass is 31.2. The topological polar surface area (TPSA) is 156 Å². The average molecular weight is 471 g/mol. The highest BCUT2D eigenvalue weighted by molar-refractivity contribution is 7.59. The van der Waals surface area contributed by atoms with Gasteiger partial charge in [0.15, 0.2) is 5.78 Å². The second-order valence-corrected chi connectivity index (χ2v) is 11.3. The molecule has 1 rings (SSSR count). The number of esters is 1. The summed E-state index contributed by atoms with van der Waals surface area (Å²) in [5.74, 6) is -5.63. The Morgan fingerprint density at radius 1 is 1.06 bits per heavy atom. The van der Waals surface area contributed by atoms with Gasteiger partial charge in [-0.25, -0.2) is 9.59 Å². The van der Waals surface area contributed by atoms with E-state index in [-0.39, 0.29) is 31.3 Å². The molecule has 0 radical (unpaired) electrons. The van der Waals surface area contributed by atoms with Crippen LogP contribution in [-0.4, -0.2) is 45.8 Å². The first kappa shape index (κ1) is 27.8. The van der Waals surface area contributed by atoms with Crippen molar-refractivity contribution in [2.24, 2.45) is 23.5 Å². The molecule has 180 valence electrons. The summed E-state index contributed by atoms with van der Waals surface area (Å²) in [6.07, 6.45) is -0.0968. The van der Waals surface area contributed by atoms with Crippen LogP contribution in [0.4, 0.5) is 0 Å². The zero-order chi connectivity index (χ0) is 24.5. The van der Waals surface area contributed by atoms with Gasteiger partial charge in [0.2, 0.25) is 13.3 Å². The molecule has 0 heterocycles. The molecule has 0 aliphatic heterocycles. The van der Waals surface area contributed by atoms with E-state index in [1.807, 2.05) is 27.7 Å². The van der Waals surface area contributed by atoms with Gasteiger partial charge < -0.3 is 25.8 Å². The number of rotatable bonds is 13. The number of hydrogen-bond acceptors (Lipinski definition) is 6. The van der Waals surface area contributed by atoms with E-state index >= 15 is 0 Å². The zero-order valence-electron chi connectivity index (χ0n) is 19.1. The molecule has 9 nitrogen and oxygen atoms in total. The maximum atomic E-state index is 12.9. The fourth-order valence-corrected chi connectivity index (χ4v) is 4.80. The molecule has 1 aromatic rings. The SMILES string of the molecule is CC(C)CC(CP(=O)(O)C(N)C(=O)OCc1ccccc1)C(=O)NC(CC(C)C)C(=O)O. The second-order valence-electron chi connectivity index (χ2n) is 8.83. The van der Waals surface area contributed by atoms with Crippen molar-refractivity contribution in [1.82, 2.24) is 5.32 Å². The Hall–Kier alpha value is -2.22. The van der Waals surface area contributed by atoms with E-state index in [2.05, 4.69) is 5.32 Å². The van der Waals surface area contributed by atoms with Crippen LogP contribution >= 0.6 is 7.37 Å². The van der Waals surface area contributed by atoms with E-state index in [1.54, 1.807) is 30.3 Å². The summed E-state index contributed by atoms with van der Waals surface area (Å²) < 4.78 is 18.0. The summed E-state index contributed by atoms with van der Waals surface area (Å²) in [6.45, 7) is 7.23. The quantitative estimate of drug-likeness (QED) is 0.253. The van der Waals surface area contributed by atoms with Crippen molar-refractivity contribution in [3.8, 4) is 0 Å². The van der Waals surface area contributed by atoms with Crippen molar-refractivity contribution >= 4 is 25.2 Å². The first-order valence-corrected chi connectivity index (χ1v) is 12.6. The van der Waals surface area contributed by atoms with E-state index in [0.29, 0.717) is 5.56 Å². The van der Waals surface area contributed by atoms with Crippen LogP contribution in [-0.2, 0) is 30.3 Å². The van der Waals surface area contributed by atoms with Gasteiger partial charge in [0, 0.05) is 12.1 Å². The Morgan fingerprint density at radius 3 is 2.12 bits per heavy atom. The number of nitrogens with two attached hydrogens (primary N) is 1. The highest BCUT2D eigenvalue weighted by Crippen LogP contribution is 2.47. The van der Waals surface area contributed by atoms with Crippen molar-refractivity contribution in [2.45, 2.75) is 59.0 Å². The number of amides is 1. The van der Waals surface area contributed by atoms with E-state index in [4.69, 9.17) is 10.5 Å². The van der Waals surface area contributed by atoms with Crippen LogP contribution in [0.25, 0.3) is 0 Å². The zero-order valence-corrected chi connectivity index (χ0v) is 20.0. The Labute approximate surface area is 189 Å². The first-order chi connectivity index (χ1) is 14.8. The molecule has 4 unspecified atom stereocenters. The molecule has 4 atom stereocenters. The van der Waals surface area contributed by atoms with Crippen LogP contribution < -0.4 is 11.1 Å².